The van der Waals surface area contributed by atoms with Gasteiger partial charge in [0, 0.05) is 18.5 Å². The number of benzene rings is 1. The van der Waals surface area contributed by atoms with Crippen LogP contribution >= 0.6 is 0 Å². The minimum absolute atomic E-state index is 0.146. The van der Waals surface area contributed by atoms with Crippen molar-refractivity contribution in [3.63, 3.8) is 0 Å². The molecule has 17 heavy (non-hydrogen) atoms. The van der Waals surface area contributed by atoms with Gasteiger partial charge in [-0.1, -0.05) is 0 Å². The van der Waals surface area contributed by atoms with Crippen molar-refractivity contribution in [3.05, 3.63) is 29.8 Å². The normalized spacial score (nSPS) is 11.1. The first-order valence-electron chi connectivity index (χ1n) is 5.13. The summed E-state index contributed by atoms with van der Waals surface area (Å²) >= 11 is 0. The van der Waals surface area contributed by atoms with Crippen LogP contribution in [0.1, 0.15) is 16.8 Å². The summed E-state index contributed by atoms with van der Waals surface area (Å²) in [5.74, 6) is -0.818. The highest BCUT2D eigenvalue weighted by Gasteiger charge is 2.02. The number of hydrogen-bond donors (Lipinski definition) is 2. The Labute approximate surface area is 100 Å². The number of carboxylic acids is 1. The Hall–Kier alpha value is -1.56. The zero-order chi connectivity index (χ0) is 12.9. The van der Waals surface area contributed by atoms with Crippen LogP contribution in [0.2, 0.25) is 0 Å². The summed E-state index contributed by atoms with van der Waals surface area (Å²) < 4.78 is 21.7. The average molecular weight is 257 g/mol. The van der Waals surface area contributed by atoms with E-state index in [-0.39, 0.29) is 11.3 Å². The summed E-state index contributed by atoms with van der Waals surface area (Å²) in [6, 6.07) is 6.32. The Morgan fingerprint density at radius 2 is 1.88 bits per heavy atom. The molecule has 0 atom stereocenters. The van der Waals surface area contributed by atoms with Crippen LogP contribution in [0, 0.1) is 0 Å². The van der Waals surface area contributed by atoms with E-state index < -0.39 is 15.8 Å². The summed E-state index contributed by atoms with van der Waals surface area (Å²) in [7, 11) is -2.91. The lowest BCUT2D eigenvalue weighted by Gasteiger charge is -2.05. The molecule has 0 aromatic heterocycles. The van der Waals surface area contributed by atoms with Crippen LogP contribution in [0.5, 0.6) is 0 Å². The maximum absolute atomic E-state index is 10.9. The second-order valence-electron chi connectivity index (χ2n) is 3.79. The molecule has 0 aliphatic heterocycles. The highest BCUT2D eigenvalue weighted by atomic mass is 32.2. The maximum Gasteiger partial charge on any atom is 0.335 e. The number of anilines is 1. The largest absolute Gasteiger partial charge is 0.478 e. The number of aromatic carboxylic acids is 1. The van der Waals surface area contributed by atoms with Crippen LogP contribution in [0.4, 0.5) is 5.69 Å². The SMILES string of the molecule is CS(=O)(=O)CCCNc1ccc(C(=O)O)cc1. The van der Waals surface area contributed by atoms with Crippen LogP contribution in [0.15, 0.2) is 24.3 Å². The van der Waals surface area contributed by atoms with Crippen molar-refractivity contribution < 1.29 is 18.3 Å². The fraction of sp³-hybridized carbons (Fsp3) is 0.364. The van der Waals surface area contributed by atoms with Gasteiger partial charge in [0.25, 0.3) is 0 Å². The molecular formula is C11H15NO4S. The number of carbonyl (C=O) groups is 1. The second-order valence-corrected chi connectivity index (χ2v) is 6.05. The molecular weight excluding hydrogens is 242 g/mol. The fourth-order valence-corrected chi connectivity index (χ4v) is 1.97. The molecule has 0 aliphatic carbocycles. The van der Waals surface area contributed by atoms with E-state index in [4.69, 9.17) is 5.11 Å². The van der Waals surface area contributed by atoms with Crippen molar-refractivity contribution in [3.8, 4) is 0 Å². The van der Waals surface area contributed by atoms with E-state index in [0.29, 0.717) is 13.0 Å². The molecule has 5 nitrogen and oxygen atoms in total. The standard InChI is InChI=1S/C11H15NO4S/c1-17(15,16)8-2-7-12-10-5-3-9(4-6-10)11(13)14/h3-6,12H,2,7-8H2,1H3,(H,13,14). The Balaban J connectivity index is 2.40. The minimum atomic E-state index is -2.91. The smallest absolute Gasteiger partial charge is 0.335 e. The first kappa shape index (κ1) is 13.5. The number of nitrogens with one attached hydrogen (secondary N) is 1. The minimum Gasteiger partial charge on any atom is -0.478 e. The average Bonchev–Trinajstić information content (AvgIpc) is 2.24. The highest BCUT2D eigenvalue weighted by molar-refractivity contribution is 7.90. The molecule has 2 N–H and O–H groups in total. The molecule has 0 spiro atoms. The van der Waals surface area contributed by atoms with E-state index in [9.17, 15) is 13.2 Å². The lowest BCUT2D eigenvalue weighted by molar-refractivity contribution is 0.0697. The molecule has 1 rings (SSSR count). The van der Waals surface area contributed by atoms with E-state index in [1.165, 1.54) is 18.4 Å². The van der Waals surface area contributed by atoms with Gasteiger partial charge >= 0.3 is 5.97 Å². The van der Waals surface area contributed by atoms with Crippen LogP contribution in [0.25, 0.3) is 0 Å². The number of hydrogen-bond acceptors (Lipinski definition) is 4. The van der Waals surface area contributed by atoms with E-state index in [0.717, 1.165) is 5.69 Å². The van der Waals surface area contributed by atoms with Gasteiger partial charge in [0.1, 0.15) is 9.84 Å². The number of rotatable bonds is 6. The summed E-state index contributed by atoms with van der Waals surface area (Å²) in [6.45, 7) is 0.541. The quantitative estimate of drug-likeness (QED) is 0.749. The van der Waals surface area contributed by atoms with Gasteiger partial charge in [0.2, 0.25) is 0 Å². The highest BCUT2D eigenvalue weighted by Crippen LogP contribution is 2.09. The first-order chi connectivity index (χ1) is 7.88. The molecule has 0 radical (unpaired) electrons. The zero-order valence-corrected chi connectivity index (χ0v) is 10.3. The number of carboxylic acid groups (broad SMARTS) is 1. The summed E-state index contributed by atoms with van der Waals surface area (Å²) in [6.07, 6.45) is 1.73. The maximum atomic E-state index is 10.9. The molecule has 0 heterocycles. The second kappa shape index (κ2) is 5.67. The van der Waals surface area contributed by atoms with E-state index in [2.05, 4.69) is 5.32 Å². The topological polar surface area (TPSA) is 83.5 Å². The van der Waals surface area contributed by atoms with Crippen LogP contribution in [0.3, 0.4) is 0 Å². The molecule has 0 bridgehead atoms. The van der Waals surface area contributed by atoms with Crippen LogP contribution < -0.4 is 5.32 Å². The molecule has 0 unspecified atom stereocenters. The van der Waals surface area contributed by atoms with E-state index >= 15 is 0 Å². The first-order valence-corrected chi connectivity index (χ1v) is 7.19. The van der Waals surface area contributed by atoms with Crippen molar-refractivity contribution >= 4 is 21.5 Å². The molecule has 0 fully saturated rings. The third-order valence-electron chi connectivity index (χ3n) is 2.15. The predicted octanol–water partition coefficient (Wildman–Crippen LogP) is 1.23. The van der Waals surface area contributed by atoms with E-state index in [1.54, 1.807) is 12.1 Å². The lowest BCUT2D eigenvalue weighted by Crippen LogP contribution is -2.09. The van der Waals surface area contributed by atoms with Gasteiger partial charge < -0.3 is 10.4 Å². The molecule has 0 aliphatic rings. The number of sulfone groups is 1. The summed E-state index contributed by atoms with van der Waals surface area (Å²) in [5.41, 5.74) is 1.01. The Kier molecular flexibility index (Phi) is 4.51. The van der Waals surface area contributed by atoms with Crippen molar-refractivity contribution in [2.75, 3.05) is 23.9 Å². The van der Waals surface area contributed by atoms with Gasteiger partial charge in [0.05, 0.1) is 11.3 Å². The molecule has 94 valence electrons. The molecule has 1 aromatic rings. The third kappa shape index (κ3) is 5.35. The van der Waals surface area contributed by atoms with Gasteiger partial charge in [-0.25, -0.2) is 13.2 Å². The van der Waals surface area contributed by atoms with Crippen molar-refractivity contribution in [2.24, 2.45) is 0 Å². The molecule has 0 amide bonds. The van der Waals surface area contributed by atoms with Crippen LogP contribution in [-0.4, -0.2) is 38.0 Å². The molecule has 0 saturated carbocycles. The fourth-order valence-electron chi connectivity index (χ4n) is 1.30. The van der Waals surface area contributed by atoms with Crippen molar-refractivity contribution in [2.45, 2.75) is 6.42 Å². The van der Waals surface area contributed by atoms with Crippen molar-refractivity contribution in [1.29, 1.82) is 0 Å². The van der Waals surface area contributed by atoms with E-state index in [1.807, 2.05) is 0 Å². The van der Waals surface area contributed by atoms with Crippen molar-refractivity contribution in [1.82, 2.24) is 0 Å². The molecule has 0 saturated heterocycles. The third-order valence-corrected chi connectivity index (χ3v) is 3.18. The Bertz CT molecular complexity index is 479. The van der Waals surface area contributed by atoms with Gasteiger partial charge in [-0.15, -0.1) is 0 Å². The Morgan fingerprint density at radius 3 is 2.35 bits per heavy atom. The van der Waals surface area contributed by atoms with Gasteiger partial charge in [-0.05, 0) is 30.7 Å². The monoisotopic (exact) mass is 257 g/mol. The van der Waals surface area contributed by atoms with Gasteiger partial charge in [-0.2, -0.15) is 0 Å². The predicted molar refractivity (Wildman–Crippen MR) is 66.2 cm³/mol. The van der Waals surface area contributed by atoms with Crippen LogP contribution in [-0.2, 0) is 9.84 Å². The zero-order valence-electron chi connectivity index (χ0n) is 9.51. The van der Waals surface area contributed by atoms with Gasteiger partial charge in [0.15, 0.2) is 0 Å². The molecule has 1 aromatic carbocycles. The summed E-state index contributed by atoms with van der Waals surface area (Å²) in [4.78, 5) is 10.6. The van der Waals surface area contributed by atoms with Gasteiger partial charge in [-0.3, -0.25) is 0 Å². The summed E-state index contributed by atoms with van der Waals surface area (Å²) in [5, 5.41) is 11.7. The molecule has 6 heteroatoms. The lowest BCUT2D eigenvalue weighted by atomic mass is 10.2. The Morgan fingerprint density at radius 1 is 1.29 bits per heavy atom.